The van der Waals surface area contributed by atoms with Crippen molar-refractivity contribution in [1.82, 2.24) is 0 Å². The van der Waals surface area contributed by atoms with Crippen LogP contribution in [0, 0.1) is 12.8 Å². The molecule has 0 radical (unpaired) electrons. The topological polar surface area (TPSA) is 82.0 Å². The van der Waals surface area contributed by atoms with Crippen molar-refractivity contribution in [3.63, 3.8) is 0 Å². The molecule has 2 aliphatic carbocycles. The van der Waals surface area contributed by atoms with Gasteiger partial charge in [0, 0.05) is 17.2 Å². The first-order valence-corrected chi connectivity index (χ1v) is 10.8. The van der Waals surface area contributed by atoms with Gasteiger partial charge in [-0.25, -0.2) is 9.79 Å². The average Bonchev–Trinajstić information content (AvgIpc) is 2.86. The van der Waals surface area contributed by atoms with Gasteiger partial charge in [-0.3, -0.25) is 9.59 Å². The number of hydrogen-bond acceptors (Lipinski definition) is 6. The van der Waals surface area contributed by atoms with Crippen LogP contribution in [-0.4, -0.2) is 23.2 Å². The number of carbonyl (C=O) groups excluding carboxylic acids is 3. The summed E-state index contributed by atoms with van der Waals surface area (Å²) in [5.74, 6) is -1.52. The van der Waals surface area contributed by atoms with E-state index >= 15 is 0 Å². The number of nitrogens with zero attached hydrogens (tertiary/aromatic N) is 1. The van der Waals surface area contributed by atoms with E-state index < -0.39 is 11.9 Å². The third kappa shape index (κ3) is 3.03. The van der Waals surface area contributed by atoms with Gasteiger partial charge >= 0.3 is 5.97 Å². The molecule has 3 aromatic carbocycles. The zero-order valence-electron chi connectivity index (χ0n) is 18.1. The lowest BCUT2D eigenvalue weighted by Crippen LogP contribution is -2.40. The number of Topliss-reactive ketones (excluding diaryl/α,β-unsaturated/α-hetero) is 2. The summed E-state index contributed by atoms with van der Waals surface area (Å²) in [6.45, 7) is 1.93. The number of allylic oxidation sites excluding steroid dienone is 3. The molecule has 3 aromatic rings. The third-order valence-corrected chi connectivity index (χ3v) is 6.07. The second kappa shape index (κ2) is 7.49. The molecule has 1 atom stereocenters. The SMILES string of the molecule is Cc1ccc2c(c1)OC1=CC(OC(=O)c3ccccc3)=C3C(=O)c4ccccc4C(=O)C3C1=N2. The van der Waals surface area contributed by atoms with Gasteiger partial charge in [0.25, 0.3) is 0 Å². The number of esters is 1. The van der Waals surface area contributed by atoms with Crippen LogP contribution < -0.4 is 4.74 Å². The van der Waals surface area contributed by atoms with Crippen LogP contribution >= 0.6 is 0 Å². The summed E-state index contributed by atoms with van der Waals surface area (Å²) < 4.78 is 11.8. The van der Waals surface area contributed by atoms with Crippen LogP contribution in [0.15, 0.2) is 101 Å². The Balaban J connectivity index is 1.54. The maximum atomic E-state index is 13.6. The summed E-state index contributed by atoms with van der Waals surface area (Å²) in [5, 5.41) is 0. The molecule has 0 aromatic heterocycles. The first kappa shape index (κ1) is 20.1. The van der Waals surface area contributed by atoms with E-state index in [1.165, 1.54) is 6.08 Å². The van der Waals surface area contributed by atoms with E-state index in [0.717, 1.165) is 5.56 Å². The molecule has 6 rings (SSSR count). The lowest BCUT2D eigenvalue weighted by Gasteiger charge is -2.33. The zero-order chi connectivity index (χ0) is 23.4. The molecule has 164 valence electrons. The van der Waals surface area contributed by atoms with E-state index in [4.69, 9.17) is 14.5 Å². The van der Waals surface area contributed by atoms with E-state index in [0.29, 0.717) is 28.3 Å². The summed E-state index contributed by atoms with van der Waals surface area (Å²) >= 11 is 0. The fourth-order valence-electron chi connectivity index (χ4n) is 4.45. The standard InChI is InChI=1S/C28H17NO5/c1-15-11-12-19-20(13-15)33-22-14-21(34-28(32)16-7-3-2-4-8-16)23-24(25(22)29-19)27(31)18-10-6-5-9-17(18)26(23)30/h2-14,24H,1H3. The van der Waals surface area contributed by atoms with E-state index in [-0.39, 0.29) is 34.2 Å². The van der Waals surface area contributed by atoms with Crippen molar-refractivity contribution in [3.05, 3.63) is 118 Å². The van der Waals surface area contributed by atoms with Crippen molar-refractivity contribution in [3.8, 4) is 5.75 Å². The van der Waals surface area contributed by atoms with Crippen LogP contribution in [0.1, 0.15) is 36.6 Å². The molecule has 0 bridgehead atoms. The van der Waals surface area contributed by atoms with E-state index in [9.17, 15) is 14.4 Å². The Morgan fingerprint density at radius 1 is 0.941 bits per heavy atom. The smallest absolute Gasteiger partial charge is 0.343 e. The summed E-state index contributed by atoms with van der Waals surface area (Å²) in [6.07, 6.45) is 1.48. The summed E-state index contributed by atoms with van der Waals surface area (Å²) in [5.41, 5.74) is 2.89. The largest absolute Gasteiger partial charge is 0.453 e. The lowest BCUT2D eigenvalue weighted by molar-refractivity contribution is 0.0625. The highest BCUT2D eigenvalue weighted by Crippen LogP contribution is 2.44. The van der Waals surface area contributed by atoms with Crippen LogP contribution in [0.2, 0.25) is 0 Å². The molecule has 6 nitrogen and oxygen atoms in total. The third-order valence-electron chi connectivity index (χ3n) is 6.07. The molecule has 3 aliphatic rings. The van der Waals surface area contributed by atoms with Gasteiger partial charge in [-0.15, -0.1) is 0 Å². The number of ether oxygens (including phenoxy) is 2. The molecule has 34 heavy (non-hydrogen) atoms. The highest BCUT2D eigenvalue weighted by molar-refractivity contribution is 6.33. The highest BCUT2D eigenvalue weighted by atomic mass is 16.5. The second-order valence-corrected chi connectivity index (χ2v) is 8.28. The molecule has 1 aliphatic heterocycles. The van der Waals surface area contributed by atoms with Crippen LogP contribution in [-0.2, 0) is 4.74 Å². The number of fused-ring (bicyclic) bond motifs is 5. The summed E-state index contributed by atoms with van der Waals surface area (Å²) in [7, 11) is 0. The zero-order valence-corrected chi connectivity index (χ0v) is 18.1. The van der Waals surface area contributed by atoms with Crippen molar-refractivity contribution in [2.45, 2.75) is 6.92 Å². The first-order valence-electron chi connectivity index (χ1n) is 10.8. The van der Waals surface area contributed by atoms with Gasteiger partial charge in [0.15, 0.2) is 23.1 Å². The molecular weight excluding hydrogens is 430 g/mol. The number of rotatable bonds is 2. The first-order chi connectivity index (χ1) is 16.5. The fourth-order valence-corrected chi connectivity index (χ4v) is 4.45. The Bertz CT molecular complexity index is 1510. The Hall–Kier alpha value is -4.58. The second-order valence-electron chi connectivity index (χ2n) is 8.28. The van der Waals surface area contributed by atoms with Crippen molar-refractivity contribution >= 4 is 28.9 Å². The quantitative estimate of drug-likeness (QED) is 0.507. The molecule has 1 heterocycles. The molecule has 0 saturated heterocycles. The van der Waals surface area contributed by atoms with Crippen LogP contribution in [0.3, 0.4) is 0 Å². The minimum absolute atomic E-state index is 0.00300. The predicted octanol–water partition coefficient (Wildman–Crippen LogP) is 5.16. The van der Waals surface area contributed by atoms with Gasteiger partial charge in [0.1, 0.15) is 17.4 Å². The highest BCUT2D eigenvalue weighted by Gasteiger charge is 2.47. The Kier molecular flexibility index (Phi) is 4.42. The number of carbonyl (C=O) groups is 3. The maximum Gasteiger partial charge on any atom is 0.343 e. The van der Waals surface area contributed by atoms with Gasteiger partial charge in [-0.1, -0.05) is 48.5 Å². The lowest BCUT2D eigenvalue weighted by atomic mass is 9.72. The molecule has 0 spiro atoms. The minimum atomic E-state index is -1.03. The average molecular weight is 447 g/mol. The van der Waals surface area contributed by atoms with Crippen LogP contribution in [0.5, 0.6) is 5.75 Å². The predicted molar refractivity (Wildman–Crippen MR) is 124 cm³/mol. The molecule has 0 fully saturated rings. The number of aliphatic imine (C=N–C) groups is 1. The maximum absolute atomic E-state index is 13.6. The number of hydrogen-bond donors (Lipinski definition) is 0. The molecule has 0 saturated carbocycles. The molecular formula is C28H17NO5. The van der Waals surface area contributed by atoms with Crippen LogP contribution in [0.4, 0.5) is 5.69 Å². The van der Waals surface area contributed by atoms with E-state index in [1.807, 2.05) is 25.1 Å². The Labute approximate surface area is 194 Å². The Morgan fingerprint density at radius 3 is 2.47 bits per heavy atom. The molecule has 6 heteroatoms. The molecule has 0 N–H and O–H groups in total. The number of aryl methyl sites for hydroxylation is 1. The Morgan fingerprint density at radius 2 is 1.68 bits per heavy atom. The van der Waals surface area contributed by atoms with Gasteiger partial charge in [0.2, 0.25) is 0 Å². The van der Waals surface area contributed by atoms with Gasteiger partial charge in [-0.05, 0) is 36.8 Å². The van der Waals surface area contributed by atoms with Crippen molar-refractivity contribution < 1.29 is 23.9 Å². The molecule has 1 unspecified atom stereocenters. The van der Waals surface area contributed by atoms with E-state index in [2.05, 4.69) is 0 Å². The fraction of sp³-hybridized carbons (Fsp3) is 0.0714. The summed E-state index contributed by atoms with van der Waals surface area (Å²) in [4.78, 5) is 44.8. The minimum Gasteiger partial charge on any atom is -0.453 e. The van der Waals surface area contributed by atoms with Crippen LogP contribution in [0.25, 0.3) is 0 Å². The monoisotopic (exact) mass is 447 g/mol. The number of ketones is 2. The molecule has 0 amide bonds. The van der Waals surface area contributed by atoms with Crippen molar-refractivity contribution in [1.29, 1.82) is 0 Å². The summed E-state index contributed by atoms with van der Waals surface area (Å²) in [6, 6.07) is 20.7. The van der Waals surface area contributed by atoms with Crippen molar-refractivity contribution in [2.75, 3.05) is 0 Å². The number of benzene rings is 3. The van der Waals surface area contributed by atoms with Gasteiger partial charge in [0.05, 0.1) is 16.8 Å². The van der Waals surface area contributed by atoms with Gasteiger partial charge < -0.3 is 9.47 Å². The van der Waals surface area contributed by atoms with E-state index in [1.54, 1.807) is 54.6 Å². The van der Waals surface area contributed by atoms with Gasteiger partial charge in [-0.2, -0.15) is 0 Å². The normalized spacial score (nSPS) is 18.0. The van der Waals surface area contributed by atoms with Crippen molar-refractivity contribution in [2.24, 2.45) is 10.9 Å².